The Morgan fingerprint density at radius 2 is 1.73 bits per heavy atom. The molecule has 0 unspecified atom stereocenters. The number of halogens is 1. The van der Waals surface area contributed by atoms with Crippen molar-refractivity contribution in [2.24, 2.45) is 0 Å². The van der Waals surface area contributed by atoms with Crippen molar-refractivity contribution in [1.82, 2.24) is 10.2 Å². The van der Waals surface area contributed by atoms with E-state index in [1.54, 1.807) is 18.2 Å². The van der Waals surface area contributed by atoms with E-state index < -0.39 is 5.91 Å². The Hall–Kier alpha value is -2.78. The molecule has 0 aliphatic heterocycles. The second kappa shape index (κ2) is 10.3. The molecular formula is C20H22ClN3O5S. The van der Waals surface area contributed by atoms with Gasteiger partial charge >= 0.3 is 6.01 Å². The highest BCUT2D eigenvalue weighted by Gasteiger charge is 2.20. The number of hydrogen-bond acceptors (Lipinski definition) is 8. The summed E-state index contributed by atoms with van der Waals surface area (Å²) in [4.78, 5) is 13.7. The van der Waals surface area contributed by atoms with Gasteiger partial charge in [0.2, 0.25) is 11.6 Å². The summed E-state index contributed by atoms with van der Waals surface area (Å²) in [6.07, 6.45) is 0.437. The van der Waals surface area contributed by atoms with Gasteiger partial charge < -0.3 is 18.6 Å². The molecule has 0 saturated carbocycles. The molecule has 0 aliphatic rings. The number of hydrogen-bond donors (Lipinski definition) is 1. The third-order valence-electron chi connectivity index (χ3n) is 3.81. The summed E-state index contributed by atoms with van der Waals surface area (Å²) in [6, 6.07) is 6.88. The number of carbonyl (C=O) groups is 1. The highest BCUT2D eigenvalue weighted by atomic mass is 35.5. The Balaban J connectivity index is 1.78. The Morgan fingerprint density at radius 1 is 1.07 bits per heavy atom. The molecule has 0 saturated heterocycles. The second-order valence-corrected chi connectivity index (χ2v) is 7.74. The van der Waals surface area contributed by atoms with Crippen LogP contribution in [0.1, 0.15) is 41.9 Å². The van der Waals surface area contributed by atoms with Crippen LogP contribution in [0.25, 0.3) is 0 Å². The first-order chi connectivity index (χ1) is 14.5. The topological polar surface area (TPSA) is 95.7 Å². The molecule has 0 fully saturated rings. The van der Waals surface area contributed by atoms with Crippen LogP contribution < -0.4 is 19.5 Å². The fourth-order valence-corrected chi connectivity index (χ4v) is 3.74. The van der Waals surface area contributed by atoms with Crippen LogP contribution in [0, 0.1) is 0 Å². The molecule has 2 aromatic heterocycles. The zero-order chi connectivity index (χ0) is 21.5. The summed E-state index contributed by atoms with van der Waals surface area (Å²) in [5.74, 6) is 1.26. The number of nitrogens with zero attached hydrogens (tertiary/aromatic N) is 2. The lowest BCUT2D eigenvalue weighted by atomic mass is 10.1. The number of benzene rings is 1. The Bertz CT molecular complexity index is 977. The summed E-state index contributed by atoms with van der Waals surface area (Å²) in [7, 11) is 0. The molecule has 0 radical (unpaired) electrons. The molecule has 2 heterocycles. The minimum atomic E-state index is -0.436. The first kappa shape index (κ1) is 21.9. The van der Waals surface area contributed by atoms with E-state index in [0.29, 0.717) is 59.3 Å². The third kappa shape index (κ3) is 5.43. The number of nitrogens with one attached hydrogen (secondary N) is 1. The molecular weight excluding hydrogens is 430 g/mol. The van der Waals surface area contributed by atoms with Crippen LogP contribution in [0.15, 0.2) is 28.7 Å². The zero-order valence-corrected chi connectivity index (χ0v) is 18.4. The van der Waals surface area contributed by atoms with E-state index in [9.17, 15) is 4.79 Å². The van der Waals surface area contributed by atoms with Crippen molar-refractivity contribution in [3.05, 3.63) is 44.9 Å². The van der Waals surface area contributed by atoms with Gasteiger partial charge in [0.15, 0.2) is 11.5 Å². The predicted octanol–water partition coefficient (Wildman–Crippen LogP) is 4.82. The first-order valence-corrected chi connectivity index (χ1v) is 10.7. The molecule has 1 amide bonds. The summed E-state index contributed by atoms with van der Waals surface area (Å²) in [5, 5.41) is 10.5. The van der Waals surface area contributed by atoms with Gasteiger partial charge in [-0.25, -0.2) is 0 Å². The monoisotopic (exact) mass is 451 g/mol. The molecule has 3 aromatic rings. The van der Waals surface area contributed by atoms with Crippen LogP contribution in [0.5, 0.6) is 17.2 Å². The number of ether oxygens (including phenoxy) is 3. The summed E-state index contributed by atoms with van der Waals surface area (Å²) >= 11 is 7.37. The highest BCUT2D eigenvalue weighted by molar-refractivity contribution is 7.16. The number of carbonyl (C=O) groups excluding carboxylic acids is 1. The molecule has 1 N–H and O–H groups in total. The number of thiophene rings is 1. The minimum Gasteiger partial charge on any atom is -0.490 e. The maximum Gasteiger partial charge on any atom is 0.322 e. The summed E-state index contributed by atoms with van der Waals surface area (Å²) in [6.45, 7) is 6.83. The van der Waals surface area contributed by atoms with Crippen LogP contribution in [-0.4, -0.2) is 35.9 Å². The van der Waals surface area contributed by atoms with Gasteiger partial charge in [-0.3, -0.25) is 10.1 Å². The van der Waals surface area contributed by atoms with Crippen LogP contribution in [0.2, 0.25) is 4.34 Å². The van der Waals surface area contributed by atoms with E-state index in [-0.39, 0.29) is 6.01 Å². The molecule has 160 valence electrons. The van der Waals surface area contributed by atoms with E-state index in [0.717, 1.165) is 4.88 Å². The molecule has 0 aliphatic carbocycles. The van der Waals surface area contributed by atoms with Gasteiger partial charge in [0.05, 0.1) is 30.6 Å². The molecule has 10 heteroatoms. The van der Waals surface area contributed by atoms with E-state index in [2.05, 4.69) is 15.5 Å². The summed E-state index contributed by atoms with van der Waals surface area (Å²) in [5.41, 5.74) is 0.315. The number of rotatable bonds is 10. The van der Waals surface area contributed by atoms with Gasteiger partial charge in [-0.05, 0) is 45.0 Å². The first-order valence-electron chi connectivity index (χ1n) is 9.48. The van der Waals surface area contributed by atoms with Crippen LogP contribution in [0.4, 0.5) is 6.01 Å². The smallest absolute Gasteiger partial charge is 0.322 e. The van der Waals surface area contributed by atoms with Gasteiger partial charge in [-0.15, -0.1) is 16.4 Å². The zero-order valence-electron chi connectivity index (χ0n) is 16.9. The minimum absolute atomic E-state index is 0.00228. The lowest BCUT2D eigenvalue weighted by Gasteiger charge is -2.16. The van der Waals surface area contributed by atoms with Gasteiger partial charge in [0, 0.05) is 10.4 Å². The van der Waals surface area contributed by atoms with Crippen molar-refractivity contribution in [2.75, 3.05) is 25.1 Å². The molecule has 0 bridgehead atoms. The quantitative estimate of drug-likeness (QED) is 0.471. The van der Waals surface area contributed by atoms with Crippen LogP contribution >= 0.6 is 22.9 Å². The predicted molar refractivity (Wildman–Crippen MR) is 114 cm³/mol. The second-order valence-electron chi connectivity index (χ2n) is 5.94. The van der Waals surface area contributed by atoms with E-state index in [4.69, 9.17) is 30.2 Å². The van der Waals surface area contributed by atoms with Crippen molar-refractivity contribution in [3.63, 3.8) is 0 Å². The summed E-state index contributed by atoms with van der Waals surface area (Å²) < 4.78 is 23.2. The van der Waals surface area contributed by atoms with Crippen molar-refractivity contribution in [2.45, 2.75) is 27.2 Å². The Morgan fingerprint density at radius 3 is 2.30 bits per heavy atom. The molecule has 1 aromatic carbocycles. The molecule has 0 atom stereocenters. The maximum absolute atomic E-state index is 12.8. The van der Waals surface area contributed by atoms with Gasteiger partial charge in [-0.1, -0.05) is 16.7 Å². The van der Waals surface area contributed by atoms with Gasteiger partial charge in [0.25, 0.3) is 5.91 Å². The normalized spacial score (nSPS) is 10.7. The fraction of sp³-hybridized carbons (Fsp3) is 0.350. The van der Waals surface area contributed by atoms with Crippen molar-refractivity contribution in [1.29, 1.82) is 0 Å². The van der Waals surface area contributed by atoms with Crippen LogP contribution in [0.3, 0.4) is 0 Å². The fourth-order valence-electron chi connectivity index (χ4n) is 2.66. The lowest BCUT2D eigenvalue weighted by molar-refractivity contribution is 0.102. The SMILES string of the molecule is CCOc1cc(C(=O)Nc2nnc(Cc3ccc(Cl)s3)o2)cc(OCC)c1OCC. The van der Waals surface area contributed by atoms with E-state index >= 15 is 0 Å². The van der Waals surface area contributed by atoms with E-state index in [1.807, 2.05) is 26.8 Å². The standard InChI is InChI=1S/C20H22ClN3O5S/c1-4-26-14-9-12(10-15(27-5-2)18(14)28-6-3)19(25)22-20-24-23-17(29-20)11-13-7-8-16(21)30-13/h7-10H,4-6,11H2,1-3H3,(H,22,24,25). The Kier molecular flexibility index (Phi) is 7.53. The van der Waals surface area contributed by atoms with Gasteiger partial charge in [0.1, 0.15) is 0 Å². The van der Waals surface area contributed by atoms with E-state index in [1.165, 1.54) is 11.3 Å². The Labute approximate surface area is 183 Å². The van der Waals surface area contributed by atoms with Crippen molar-refractivity contribution in [3.8, 4) is 17.2 Å². The number of anilines is 1. The molecule has 3 rings (SSSR count). The van der Waals surface area contributed by atoms with Crippen molar-refractivity contribution >= 4 is 34.9 Å². The number of amides is 1. The lowest BCUT2D eigenvalue weighted by Crippen LogP contribution is -2.13. The molecule has 30 heavy (non-hydrogen) atoms. The van der Waals surface area contributed by atoms with Gasteiger partial charge in [-0.2, -0.15) is 0 Å². The highest BCUT2D eigenvalue weighted by Crippen LogP contribution is 2.39. The molecule has 8 nitrogen and oxygen atoms in total. The average Bonchev–Trinajstić information content (AvgIpc) is 3.33. The van der Waals surface area contributed by atoms with Crippen molar-refractivity contribution < 1.29 is 23.4 Å². The third-order valence-corrected chi connectivity index (χ3v) is 5.04. The molecule has 0 spiro atoms. The maximum atomic E-state index is 12.8. The number of aromatic nitrogens is 2. The average molecular weight is 452 g/mol. The van der Waals surface area contributed by atoms with Crippen LogP contribution in [-0.2, 0) is 6.42 Å². The largest absolute Gasteiger partial charge is 0.490 e.